The largest absolute Gasteiger partial charge is 0.393 e. The minimum Gasteiger partial charge on any atom is -0.393 e. The molecule has 1 fully saturated rings. The molecule has 94 valence electrons. The van der Waals surface area contributed by atoms with Gasteiger partial charge in [-0.3, -0.25) is 0 Å². The van der Waals surface area contributed by atoms with E-state index in [1.165, 1.54) is 18.4 Å². The van der Waals surface area contributed by atoms with Gasteiger partial charge in [0.15, 0.2) is 0 Å². The van der Waals surface area contributed by atoms with Crippen LogP contribution < -0.4 is 5.32 Å². The van der Waals surface area contributed by atoms with Crippen LogP contribution in [0.1, 0.15) is 31.2 Å². The maximum Gasteiger partial charge on any atom is 0.0543 e. The third-order valence-electron chi connectivity index (χ3n) is 3.43. The van der Waals surface area contributed by atoms with Crippen LogP contribution in [0, 0.1) is 5.92 Å². The highest BCUT2D eigenvalue weighted by Crippen LogP contribution is 2.23. The maximum absolute atomic E-state index is 9.59. The van der Waals surface area contributed by atoms with Gasteiger partial charge in [-0.15, -0.1) is 0 Å². The number of nitrogens with one attached hydrogen (secondary N) is 1. The second kappa shape index (κ2) is 6.53. The van der Waals surface area contributed by atoms with Crippen molar-refractivity contribution in [2.75, 3.05) is 6.54 Å². The van der Waals surface area contributed by atoms with Crippen LogP contribution in [0.2, 0.25) is 0 Å². The molecule has 1 aromatic rings. The molecule has 1 aliphatic rings. The number of rotatable bonds is 4. The van der Waals surface area contributed by atoms with E-state index in [1.54, 1.807) is 0 Å². The van der Waals surface area contributed by atoms with Crippen LogP contribution in [0.15, 0.2) is 28.7 Å². The first-order valence-corrected chi connectivity index (χ1v) is 7.16. The van der Waals surface area contributed by atoms with Gasteiger partial charge >= 0.3 is 0 Å². The Kier molecular flexibility index (Phi) is 5.01. The lowest BCUT2D eigenvalue weighted by atomic mass is 9.87. The van der Waals surface area contributed by atoms with Gasteiger partial charge in [0, 0.05) is 11.0 Å². The van der Waals surface area contributed by atoms with Crippen molar-refractivity contribution < 1.29 is 5.11 Å². The number of benzene rings is 1. The average molecular weight is 298 g/mol. The van der Waals surface area contributed by atoms with E-state index in [4.69, 9.17) is 0 Å². The second-order valence-corrected chi connectivity index (χ2v) is 5.86. The molecule has 1 saturated carbocycles. The minimum absolute atomic E-state index is 0.0665. The van der Waals surface area contributed by atoms with Gasteiger partial charge in [-0.2, -0.15) is 0 Å². The summed E-state index contributed by atoms with van der Waals surface area (Å²) in [6.45, 7) is 1.94. The standard InChI is InChI=1S/C14H20BrNO/c15-13-6-4-11(5-7-13)9-16-10-12-2-1-3-14(17)8-12/h4-7,12,14,16-17H,1-3,8-10H2. The molecule has 2 nitrogen and oxygen atoms in total. The average Bonchev–Trinajstić information content (AvgIpc) is 2.32. The number of aliphatic hydroxyl groups excluding tert-OH is 1. The van der Waals surface area contributed by atoms with Crippen LogP contribution in [0.4, 0.5) is 0 Å². The smallest absolute Gasteiger partial charge is 0.0543 e. The highest BCUT2D eigenvalue weighted by molar-refractivity contribution is 9.10. The van der Waals surface area contributed by atoms with Crippen molar-refractivity contribution in [1.82, 2.24) is 5.32 Å². The van der Waals surface area contributed by atoms with Crippen LogP contribution in [0.3, 0.4) is 0 Å². The first-order valence-electron chi connectivity index (χ1n) is 6.37. The molecule has 2 N–H and O–H groups in total. The molecule has 2 unspecified atom stereocenters. The number of halogens is 1. The van der Waals surface area contributed by atoms with Gasteiger partial charge in [0.1, 0.15) is 0 Å². The van der Waals surface area contributed by atoms with Crippen molar-refractivity contribution in [1.29, 1.82) is 0 Å². The monoisotopic (exact) mass is 297 g/mol. The molecule has 0 spiro atoms. The summed E-state index contributed by atoms with van der Waals surface area (Å²) >= 11 is 3.43. The predicted octanol–water partition coefficient (Wildman–Crippen LogP) is 3.09. The Morgan fingerprint density at radius 3 is 2.71 bits per heavy atom. The SMILES string of the molecule is OC1CCCC(CNCc2ccc(Br)cc2)C1. The molecule has 0 aliphatic heterocycles. The Morgan fingerprint density at radius 1 is 1.24 bits per heavy atom. The molecule has 0 radical (unpaired) electrons. The Hall–Kier alpha value is -0.380. The fraction of sp³-hybridized carbons (Fsp3) is 0.571. The van der Waals surface area contributed by atoms with Crippen LogP contribution in [-0.2, 0) is 6.54 Å². The zero-order valence-electron chi connectivity index (χ0n) is 10.0. The van der Waals surface area contributed by atoms with Crippen molar-refractivity contribution in [3.63, 3.8) is 0 Å². The van der Waals surface area contributed by atoms with E-state index in [1.807, 2.05) is 0 Å². The third kappa shape index (κ3) is 4.41. The molecule has 1 aliphatic carbocycles. The van der Waals surface area contributed by atoms with E-state index < -0.39 is 0 Å². The van der Waals surface area contributed by atoms with Gasteiger partial charge < -0.3 is 10.4 Å². The summed E-state index contributed by atoms with van der Waals surface area (Å²) in [4.78, 5) is 0. The fourth-order valence-electron chi connectivity index (χ4n) is 2.47. The first kappa shape index (κ1) is 13.1. The van der Waals surface area contributed by atoms with E-state index in [2.05, 4.69) is 45.5 Å². The third-order valence-corrected chi connectivity index (χ3v) is 3.96. The van der Waals surface area contributed by atoms with Crippen LogP contribution >= 0.6 is 15.9 Å². The summed E-state index contributed by atoms with van der Waals surface area (Å²) in [6, 6.07) is 8.41. The molecule has 3 heteroatoms. The molecule has 1 aromatic carbocycles. The zero-order valence-corrected chi connectivity index (χ0v) is 11.6. The van der Waals surface area contributed by atoms with Gasteiger partial charge in [-0.1, -0.05) is 34.5 Å². The second-order valence-electron chi connectivity index (χ2n) is 4.94. The lowest BCUT2D eigenvalue weighted by Gasteiger charge is -2.26. The van der Waals surface area contributed by atoms with Crippen molar-refractivity contribution in [2.45, 2.75) is 38.3 Å². The summed E-state index contributed by atoms with van der Waals surface area (Å²) in [5.41, 5.74) is 1.31. The molecular formula is C14H20BrNO. The summed E-state index contributed by atoms with van der Waals surface area (Å²) in [5, 5.41) is 13.1. The van der Waals surface area contributed by atoms with Gasteiger partial charge in [-0.05, 0) is 49.4 Å². The summed E-state index contributed by atoms with van der Waals surface area (Å²) in [7, 11) is 0. The first-order chi connectivity index (χ1) is 8.24. The Balaban J connectivity index is 1.70. The van der Waals surface area contributed by atoms with Gasteiger partial charge in [0.25, 0.3) is 0 Å². The number of aliphatic hydroxyl groups is 1. The van der Waals surface area contributed by atoms with Crippen molar-refractivity contribution in [3.05, 3.63) is 34.3 Å². The summed E-state index contributed by atoms with van der Waals surface area (Å²) < 4.78 is 1.12. The molecule has 0 saturated heterocycles. The Morgan fingerprint density at radius 2 is 2.00 bits per heavy atom. The lowest BCUT2D eigenvalue weighted by Crippen LogP contribution is -2.28. The molecular weight excluding hydrogens is 278 g/mol. The molecule has 0 amide bonds. The topological polar surface area (TPSA) is 32.3 Å². The number of hydrogen-bond donors (Lipinski definition) is 2. The van der Waals surface area contributed by atoms with Crippen LogP contribution in [-0.4, -0.2) is 17.8 Å². The van der Waals surface area contributed by atoms with E-state index >= 15 is 0 Å². The molecule has 0 heterocycles. The highest BCUT2D eigenvalue weighted by Gasteiger charge is 2.19. The maximum atomic E-state index is 9.59. The molecule has 2 atom stereocenters. The molecule has 0 aromatic heterocycles. The van der Waals surface area contributed by atoms with Gasteiger partial charge in [0.05, 0.1) is 6.10 Å². The molecule has 0 bridgehead atoms. The normalized spacial score (nSPS) is 24.8. The fourth-order valence-corrected chi connectivity index (χ4v) is 2.74. The van der Waals surface area contributed by atoms with Gasteiger partial charge in [0.2, 0.25) is 0 Å². The van der Waals surface area contributed by atoms with Crippen LogP contribution in [0.5, 0.6) is 0 Å². The lowest BCUT2D eigenvalue weighted by molar-refractivity contribution is 0.101. The molecule has 17 heavy (non-hydrogen) atoms. The van der Waals surface area contributed by atoms with Crippen molar-refractivity contribution in [2.24, 2.45) is 5.92 Å². The Bertz CT molecular complexity index is 339. The zero-order chi connectivity index (χ0) is 12.1. The van der Waals surface area contributed by atoms with Crippen molar-refractivity contribution >= 4 is 15.9 Å². The van der Waals surface area contributed by atoms with E-state index in [0.717, 1.165) is 30.4 Å². The van der Waals surface area contributed by atoms with E-state index in [0.29, 0.717) is 5.92 Å². The van der Waals surface area contributed by atoms with Gasteiger partial charge in [-0.25, -0.2) is 0 Å². The quantitative estimate of drug-likeness (QED) is 0.895. The van der Waals surface area contributed by atoms with E-state index in [-0.39, 0.29) is 6.10 Å². The summed E-state index contributed by atoms with van der Waals surface area (Å²) in [5.74, 6) is 0.647. The summed E-state index contributed by atoms with van der Waals surface area (Å²) in [6.07, 6.45) is 4.32. The predicted molar refractivity (Wildman–Crippen MR) is 73.8 cm³/mol. The highest BCUT2D eigenvalue weighted by atomic mass is 79.9. The Labute approximate surface area is 112 Å². The minimum atomic E-state index is -0.0665. The van der Waals surface area contributed by atoms with Crippen molar-refractivity contribution in [3.8, 4) is 0 Å². The molecule has 2 rings (SSSR count). The van der Waals surface area contributed by atoms with E-state index in [9.17, 15) is 5.11 Å². The van der Waals surface area contributed by atoms with Crippen LogP contribution in [0.25, 0.3) is 0 Å². The number of hydrogen-bond acceptors (Lipinski definition) is 2.